The van der Waals surface area contributed by atoms with Crippen LogP contribution in [0, 0.1) is 12.3 Å². The molecule has 0 saturated carbocycles. The molecule has 0 saturated heterocycles. The van der Waals surface area contributed by atoms with Crippen molar-refractivity contribution in [3.63, 3.8) is 0 Å². The topological polar surface area (TPSA) is 63.8 Å². The first-order valence-corrected chi connectivity index (χ1v) is 4.06. The highest BCUT2D eigenvalue weighted by Crippen LogP contribution is 2.04. The number of aromatic nitrogens is 2. The molecule has 1 rings (SSSR count). The van der Waals surface area contributed by atoms with Gasteiger partial charge in [0.05, 0.1) is 18.4 Å². The lowest BCUT2D eigenvalue weighted by Crippen LogP contribution is -2.16. The van der Waals surface area contributed by atoms with Crippen LogP contribution in [0.4, 0.5) is 11.6 Å². The van der Waals surface area contributed by atoms with E-state index in [2.05, 4.69) is 21.2 Å². The normalized spacial score (nSPS) is 11.7. The SMILES string of the molecule is C#CC(CC)Nc1cnc(N)cn1. The van der Waals surface area contributed by atoms with Gasteiger partial charge in [-0.3, -0.25) is 0 Å². The van der Waals surface area contributed by atoms with Crippen LogP contribution in [-0.2, 0) is 0 Å². The molecule has 0 aliphatic rings. The number of nitrogens with two attached hydrogens (primary N) is 1. The Hall–Kier alpha value is -1.76. The lowest BCUT2D eigenvalue weighted by molar-refractivity contribution is 0.849. The van der Waals surface area contributed by atoms with Gasteiger partial charge in [-0.25, -0.2) is 9.97 Å². The average molecular weight is 176 g/mol. The van der Waals surface area contributed by atoms with E-state index in [9.17, 15) is 0 Å². The second-order valence-corrected chi connectivity index (χ2v) is 2.60. The summed E-state index contributed by atoms with van der Waals surface area (Å²) < 4.78 is 0. The highest BCUT2D eigenvalue weighted by atomic mass is 15.0. The van der Waals surface area contributed by atoms with Crippen molar-refractivity contribution in [2.75, 3.05) is 11.1 Å². The summed E-state index contributed by atoms with van der Waals surface area (Å²) >= 11 is 0. The Morgan fingerprint density at radius 1 is 1.62 bits per heavy atom. The first kappa shape index (κ1) is 9.33. The predicted octanol–water partition coefficient (Wildman–Crippen LogP) is 0.883. The van der Waals surface area contributed by atoms with Crippen LogP contribution in [0.25, 0.3) is 0 Å². The molecule has 1 aromatic heterocycles. The second-order valence-electron chi connectivity index (χ2n) is 2.60. The maximum Gasteiger partial charge on any atom is 0.145 e. The lowest BCUT2D eigenvalue weighted by atomic mass is 10.2. The maximum atomic E-state index is 5.38. The third-order valence-corrected chi connectivity index (χ3v) is 1.60. The maximum absolute atomic E-state index is 5.38. The quantitative estimate of drug-likeness (QED) is 0.671. The van der Waals surface area contributed by atoms with Gasteiger partial charge in [0.2, 0.25) is 0 Å². The van der Waals surface area contributed by atoms with Gasteiger partial charge in [-0.05, 0) is 6.42 Å². The summed E-state index contributed by atoms with van der Waals surface area (Å²) in [6.45, 7) is 2.00. The minimum absolute atomic E-state index is 0.00192. The molecule has 13 heavy (non-hydrogen) atoms. The number of nitrogens with one attached hydrogen (secondary N) is 1. The molecule has 0 radical (unpaired) electrons. The van der Waals surface area contributed by atoms with Crippen LogP contribution in [0.5, 0.6) is 0 Å². The van der Waals surface area contributed by atoms with Crippen molar-refractivity contribution in [1.82, 2.24) is 9.97 Å². The van der Waals surface area contributed by atoms with Gasteiger partial charge in [-0.1, -0.05) is 12.8 Å². The van der Waals surface area contributed by atoms with E-state index in [1.165, 1.54) is 6.20 Å². The highest BCUT2D eigenvalue weighted by Gasteiger charge is 2.01. The number of terminal acetylenes is 1. The number of nitrogens with zero attached hydrogens (tertiary/aromatic N) is 2. The number of anilines is 2. The number of rotatable bonds is 3. The molecule has 3 N–H and O–H groups in total. The van der Waals surface area contributed by atoms with Gasteiger partial charge in [-0.15, -0.1) is 6.42 Å². The van der Waals surface area contributed by atoms with E-state index in [1.807, 2.05) is 6.92 Å². The van der Waals surface area contributed by atoms with Gasteiger partial charge in [0.25, 0.3) is 0 Å². The van der Waals surface area contributed by atoms with Crippen molar-refractivity contribution in [2.24, 2.45) is 0 Å². The second kappa shape index (κ2) is 4.31. The molecule has 0 fully saturated rings. The standard InChI is InChI=1S/C9H12N4/c1-3-7(4-2)13-9-6-11-8(10)5-12-9/h1,5-7H,4H2,2H3,(H2,10,11)(H,12,13). The van der Waals surface area contributed by atoms with Gasteiger partial charge in [-0.2, -0.15) is 0 Å². The number of nitrogen functional groups attached to an aromatic ring is 1. The fourth-order valence-electron chi connectivity index (χ4n) is 0.853. The molecular formula is C9H12N4. The zero-order valence-corrected chi connectivity index (χ0v) is 7.49. The van der Waals surface area contributed by atoms with Crippen LogP contribution in [0.1, 0.15) is 13.3 Å². The molecule has 68 valence electrons. The van der Waals surface area contributed by atoms with Crippen LogP contribution in [-0.4, -0.2) is 16.0 Å². The fraction of sp³-hybridized carbons (Fsp3) is 0.333. The van der Waals surface area contributed by atoms with Crippen molar-refractivity contribution in [3.05, 3.63) is 12.4 Å². The van der Waals surface area contributed by atoms with Crippen molar-refractivity contribution >= 4 is 11.6 Å². The highest BCUT2D eigenvalue weighted by molar-refractivity contribution is 5.38. The number of hydrogen-bond acceptors (Lipinski definition) is 4. The molecule has 4 heteroatoms. The van der Waals surface area contributed by atoms with E-state index in [0.29, 0.717) is 11.6 Å². The first-order chi connectivity index (χ1) is 6.26. The average Bonchev–Trinajstić information content (AvgIpc) is 2.17. The summed E-state index contributed by atoms with van der Waals surface area (Å²) in [5.74, 6) is 3.66. The Balaban J connectivity index is 2.64. The smallest absolute Gasteiger partial charge is 0.145 e. The molecule has 4 nitrogen and oxygen atoms in total. The molecule has 0 aliphatic carbocycles. The van der Waals surface area contributed by atoms with E-state index in [-0.39, 0.29) is 6.04 Å². The zero-order chi connectivity index (χ0) is 9.68. The monoisotopic (exact) mass is 176 g/mol. The van der Waals surface area contributed by atoms with Crippen molar-refractivity contribution < 1.29 is 0 Å². The molecule has 1 unspecified atom stereocenters. The van der Waals surface area contributed by atoms with Gasteiger partial charge in [0.1, 0.15) is 11.6 Å². The summed E-state index contributed by atoms with van der Waals surface area (Å²) in [6, 6.07) is -0.00192. The van der Waals surface area contributed by atoms with E-state index < -0.39 is 0 Å². The molecule has 0 aliphatic heterocycles. The Kier molecular flexibility index (Phi) is 3.09. The minimum atomic E-state index is -0.00192. The number of hydrogen-bond donors (Lipinski definition) is 2. The largest absolute Gasteiger partial charge is 0.382 e. The molecule has 0 bridgehead atoms. The molecule has 0 aromatic carbocycles. The Morgan fingerprint density at radius 3 is 2.85 bits per heavy atom. The first-order valence-electron chi connectivity index (χ1n) is 4.06. The third-order valence-electron chi connectivity index (χ3n) is 1.60. The molecule has 1 heterocycles. The van der Waals surface area contributed by atoms with Gasteiger partial charge in [0.15, 0.2) is 0 Å². The third kappa shape index (κ3) is 2.64. The van der Waals surface area contributed by atoms with Crippen molar-refractivity contribution in [1.29, 1.82) is 0 Å². The summed E-state index contributed by atoms with van der Waals surface area (Å²) in [5.41, 5.74) is 5.38. The minimum Gasteiger partial charge on any atom is -0.382 e. The van der Waals surface area contributed by atoms with E-state index in [4.69, 9.17) is 12.2 Å². The summed E-state index contributed by atoms with van der Waals surface area (Å²) in [5, 5.41) is 3.04. The zero-order valence-electron chi connectivity index (χ0n) is 7.49. The van der Waals surface area contributed by atoms with Crippen molar-refractivity contribution in [3.8, 4) is 12.3 Å². The molecule has 0 spiro atoms. The Bertz CT molecular complexity index is 298. The molecule has 0 amide bonds. The Morgan fingerprint density at radius 2 is 2.38 bits per heavy atom. The van der Waals surface area contributed by atoms with Gasteiger partial charge in [0, 0.05) is 0 Å². The van der Waals surface area contributed by atoms with E-state index >= 15 is 0 Å². The summed E-state index contributed by atoms with van der Waals surface area (Å²) in [7, 11) is 0. The van der Waals surface area contributed by atoms with Crippen LogP contribution in [0.3, 0.4) is 0 Å². The summed E-state index contributed by atoms with van der Waals surface area (Å²) in [6.07, 6.45) is 9.18. The van der Waals surface area contributed by atoms with Crippen LogP contribution in [0.15, 0.2) is 12.4 Å². The Labute approximate surface area is 77.6 Å². The fourth-order valence-corrected chi connectivity index (χ4v) is 0.853. The molecular weight excluding hydrogens is 164 g/mol. The van der Waals surface area contributed by atoms with Gasteiger partial charge < -0.3 is 11.1 Å². The van der Waals surface area contributed by atoms with Crippen molar-refractivity contribution in [2.45, 2.75) is 19.4 Å². The van der Waals surface area contributed by atoms with E-state index in [0.717, 1.165) is 6.42 Å². The lowest BCUT2D eigenvalue weighted by Gasteiger charge is -2.10. The van der Waals surface area contributed by atoms with Gasteiger partial charge >= 0.3 is 0 Å². The molecule has 1 aromatic rings. The van der Waals surface area contributed by atoms with Crippen LogP contribution in [0.2, 0.25) is 0 Å². The predicted molar refractivity (Wildman–Crippen MR) is 53.0 cm³/mol. The van der Waals surface area contributed by atoms with Crippen LogP contribution >= 0.6 is 0 Å². The van der Waals surface area contributed by atoms with E-state index in [1.54, 1.807) is 6.20 Å². The summed E-state index contributed by atoms with van der Waals surface area (Å²) in [4.78, 5) is 7.90. The molecule has 1 atom stereocenters. The van der Waals surface area contributed by atoms with Crippen LogP contribution < -0.4 is 11.1 Å².